The van der Waals surface area contributed by atoms with Gasteiger partial charge in [0.2, 0.25) is 5.91 Å². The number of carboxylic acid groups (broad SMARTS) is 2. The Balaban J connectivity index is -0.00000242. The maximum atomic E-state index is 11.6. The molecule has 1 N–H and O–H groups in total. The zero-order valence-electron chi connectivity index (χ0n) is 16.1. The normalized spacial score (nSPS) is 10.9. The second-order valence-electron chi connectivity index (χ2n) is 5.93. The molecule has 8 heteroatoms. The molecule has 0 saturated carbocycles. The monoisotopic (exact) mass is 341 g/mol. The third kappa shape index (κ3) is 19.8. The van der Waals surface area contributed by atoms with E-state index in [9.17, 15) is 24.6 Å². The molecule has 1 atom stereocenters. The van der Waals surface area contributed by atoms with Crippen molar-refractivity contribution in [1.82, 2.24) is 5.32 Å². The summed E-state index contributed by atoms with van der Waals surface area (Å²) in [5.41, 5.74) is 0. The second kappa shape index (κ2) is 19.9. The Kier molecular flexibility index (Phi) is 23.4. The topological polar surface area (TPSA) is 109 Å². The van der Waals surface area contributed by atoms with E-state index < -0.39 is 24.4 Å². The van der Waals surface area contributed by atoms with Gasteiger partial charge in [-0.1, -0.05) is 58.3 Å². The predicted molar refractivity (Wildman–Crippen MR) is 83.0 cm³/mol. The largest absolute Gasteiger partial charge is 1.00 e. The second-order valence-corrected chi connectivity index (χ2v) is 5.93. The molecule has 0 aromatic carbocycles. The van der Waals surface area contributed by atoms with Crippen molar-refractivity contribution >= 4 is 17.8 Å². The maximum Gasteiger partial charge on any atom is 1.00 e. The molecule has 0 aliphatic heterocycles. The van der Waals surface area contributed by atoms with Gasteiger partial charge in [0.05, 0.1) is 12.0 Å². The van der Waals surface area contributed by atoms with E-state index >= 15 is 0 Å². The van der Waals surface area contributed by atoms with Crippen LogP contribution in [0.4, 0.5) is 0 Å². The minimum absolute atomic E-state index is 0. The van der Waals surface area contributed by atoms with Crippen LogP contribution in [0.3, 0.4) is 0 Å². The van der Waals surface area contributed by atoms with Crippen LogP contribution in [0.1, 0.15) is 84.0 Å². The van der Waals surface area contributed by atoms with Crippen molar-refractivity contribution in [3.8, 4) is 0 Å². The number of rotatable bonds is 15. The first kappa shape index (κ1) is 29.4. The first-order valence-electron chi connectivity index (χ1n) is 8.67. The number of nitrogens with one attached hydrogen (secondary N) is 1. The van der Waals surface area contributed by atoms with Gasteiger partial charge in [-0.2, -0.15) is 0 Å². The van der Waals surface area contributed by atoms with Crippen molar-refractivity contribution in [2.45, 2.75) is 90.0 Å². The summed E-state index contributed by atoms with van der Waals surface area (Å²) in [7, 11) is 0. The zero-order chi connectivity index (χ0) is 17.5. The molecule has 0 aromatic heterocycles. The molecule has 0 spiro atoms. The number of unbranched alkanes of at least 4 members (excludes halogenated alkanes) is 8. The van der Waals surface area contributed by atoms with Gasteiger partial charge in [-0.05, 0) is 19.3 Å². The van der Waals surface area contributed by atoms with Crippen molar-refractivity contribution in [3.05, 3.63) is 0 Å². The van der Waals surface area contributed by atoms with Gasteiger partial charge < -0.3 is 25.1 Å². The van der Waals surface area contributed by atoms with Gasteiger partial charge in [-0.15, -0.1) is 0 Å². The molecule has 134 valence electrons. The minimum Gasteiger partial charge on any atom is -0.550 e. The summed E-state index contributed by atoms with van der Waals surface area (Å²) < 4.78 is 0. The van der Waals surface area contributed by atoms with Gasteiger partial charge in [0.15, 0.2) is 0 Å². The van der Waals surface area contributed by atoms with Crippen LogP contribution in [-0.4, -0.2) is 23.9 Å². The summed E-state index contributed by atoms with van der Waals surface area (Å²) >= 11 is 0. The number of hydrogen-bond donors (Lipinski definition) is 1. The Hall–Kier alpha value is -0.395. The first-order valence-corrected chi connectivity index (χ1v) is 8.67. The molecule has 0 aliphatic rings. The van der Waals surface area contributed by atoms with E-state index in [2.05, 4.69) is 12.2 Å². The van der Waals surface area contributed by atoms with Crippen LogP contribution < -0.4 is 53.3 Å². The van der Waals surface area contributed by atoms with E-state index in [0.717, 1.165) is 12.8 Å². The number of carbonyl (C=O) groups is 3. The molecule has 0 fully saturated rings. The Labute approximate surface area is 175 Å². The molecule has 0 aliphatic carbocycles. The Morgan fingerprint density at radius 1 is 0.800 bits per heavy atom. The molecule has 0 unspecified atom stereocenters. The van der Waals surface area contributed by atoms with Crippen LogP contribution in [0.15, 0.2) is 0 Å². The Morgan fingerprint density at radius 3 is 1.72 bits per heavy atom. The van der Waals surface area contributed by atoms with E-state index in [0.29, 0.717) is 6.42 Å². The average Bonchev–Trinajstić information content (AvgIpc) is 2.49. The van der Waals surface area contributed by atoms with Gasteiger partial charge in [0.25, 0.3) is 0 Å². The van der Waals surface area contributed by atoms with Crippen molar-refractivity contribution in [2.75, 3.05) is 0 Å². The summed E-state index contributed by atoms with van der Waals surface area (Å²) in [6.45, 7) is 2.19. The molecule has 1 amide bonds. The average molecular weight is 341 g/mol. The molecule has 0 saturated heterocycles. The standard InChI is InChI=1S/C17H31NO5.2Li/c1-2-3-4-5-6-7-8-9-10-11-15(19)18-14(17(22)23)12-13-16(20)21;;/h14H,2-13H2,1H3,(H,18,19)(H,20,21)(H,22,23);;/q;2*+1/p-2/t14-;;/m0../s1. The summed E-state index contributed by atoms with van der Waals surface area (Å²) in [4.78, 5) is 32.8. The number of carbonyl (C=O) groups excluding carboxylic acids is 3. The van der Waals surface area contributed by atoms with Gasteiger partial charge in [0, 0.05) is 12.4 Å². The fourth-order valence-corrected chi connectivity index (χ4v) is 2.37. The summed E-state index contributed by atoms with van der Waals surface area (Å²) in [5.74, 6) is -3.18. The Bertz CT molecular complexity index is 367. The van der Waals surface area contributed by atoms with E-state index in [-0.39, 0.29) is 56.5 Å². The van der Waals surface area contributed by atoms with Crippen LogP contribution in [0, 0.1) is 0 Å². The maximum absolute atomic E-state index is 11.6. The van der Waals surface area contributed by atoms with Crippen LogP contribution in [0.5, 0.6) is 0 Å². The van der Waals surface area contributed by atoms with Gasteiger partial charge in [-0.25, -0.2) is 0 Å². The van der Waals surface area contributed by atoms with Crippen molar-refractivity contribution < 1.29 is 62.3 Å². The number of amides is 1. The number of hydrogen-bond acceptors (Lipinski definition) is 5. The van der Waals surface area contributed by atoms with Gasteiger partial charge in [0.1, 0.15) is 0 Å². The fraction of sp³-hybridized carbons (Fsp3) is 0.824. The van der Waals surface area contributed by atoms with E-state index in [1.807, 2.05) is 0 Å². The van der Waals surface area contributed by atoms with E-state index in [1.165, 1.54) is 38.5 Å². The SMILES string of the molecule is CCCCCCCCCCCC(=O)N[C@@H](CCC(=O)[O-])C(=O)[O-].[Li+].[Li+]. The van der Waals surface area contributed by atoms with Crippen molar-refractivity contribution in [3.63, 3.8) is 0 Å². The molecular formula is C17H29Li2NO5. The van der Waals surface area contributed by atoms with Crippen molar-refractivity contribution in [2.24, 2.45) is 0 Å². The number of carboxylic acids is 2. The summed E-state index contributed by atoms with van der Waals surface area (Å²) in [6.07, 6.45) is 9.82. The predicted octanol–water partition coefficient (Wildman–Crippen LogP) is -5.32. The third-order valence-electron chi connectivity index (χ3n) is 3.76. The number of aliphatic carboxylic acids is 2. The molecule has 0 bridgehead atoms. The molecule has 0 rings (SSSR count). The van der Waals surface area contributed by atoms with Crippen LogP contribution in [0.25, 0.3) is 0 Å². The van der Waals surface area contributed by atoms with Gasteiger partial charge in [-0.3, -0.25) is 4.79 Å². The first-order chi connectivity index (χ1) is 11.0. The van der Waals surface area contributed by atoms with Gasteiger partial charge >= 0.3 is 37.7 Å². The molecule has 25 heavy (non-hydrogen) atoms. The van der Waals surface area contributed by atoms with Crippen LogP contribution >= 0.6 is 0 Å². The zero-order valence-corrected chi connectivity index (χ0v) is 16.1. The summed E-state index contributed by atoms with van der Waals surface area (Å²) in [5, 5.41) is 23.5. The van der Waals surface area contributed by atoms with Crippen LogP contribution in [0.2, 0.25) is 0 Å². The molecule has 6 nitrogen and oxygen atoms in total. The minimum atomic E-state index is -1.47. The molecule has 0 radical (unpaired) electrons. The van der Waals surface area contributed by atoms with E-state index in [1.54, 1.807) is 0 Å². The third-order valence-corrected chi connectivity index (χ3v) is 3.76. The molecular weight excluding hydrogens is 312 g/mol. The quantitative estimate of drug-likeness (QED) is 0.236. The van der Waals surface area contributed by atoms with Crippen molar-refractivity contribution in [1.29, 1.82) is 0 Å². The van der Waals surface area contributed by atoms with Crippen LogP contribution in [-0.2, 0) is 14.4 Å². The summed E-state index contributed by atoms with van der Waals surface area (Å²) in [6, 6.07) is -1.26. The molecule has 0 heterocycles. The smallest absolute Gasteiger partial charge is 0.550 e. The Morgan fingerprint density at radius 2 is 1.28 bits per heavy atom. The molecule has 0 aromatic rings. The van der Waals surface area contributed by atoms with E-state index in [4.69, 9.17) is 0 Å². The fourth-order valence-electron chi connectivity index (χ4n) is 2.37.